The minimum atomic E-state index is -0.609. The van der Waals surface area contributed by atoms with Crippen LogP contribution in [0.5, 0.6) is 0 Å². The predicted molar refractivity (Wildman–Crippen MR) is 120 cm³/mol. The fourth-order valence-electron chi connectivity index (χ4n) is 3.66. The Labute approximate surface area is 183 Å². The molecule has 1 unspecified atom stereocenters. The Morgan fingerprint density at radius 2 is 1.52 bits per heavy atom. The van der Waals surface area contributed by atoms with E-state index in [0.717, 1.165) is 30.6 Å². The van der Waals surface area contributed by atoms with Gasteiger partial charge < -0.3 is 20.9 Å². The van der Waals surface area contributed by atoms with Gasteiger partial charge in [0.2, 0.25) is 5.91 Å². The van der Waals surface area contributed by atoms with Crippen molar-refractivity contribution in [2.75, 3.05) is 18.0 Å². The molecule has 166 valence electrons. The molecule has 3 N–H and O–H groups in total. The number of nitrogens with zero attached hydrogens (tertiary/aromatic N) is 1. The number of carbonyl (C=O) groups is 2. The minimum absolute atomic E-state index is 0.206. The van der Waals surface area contributed by atoms with Gasteiger partial charge in [0.15, 0.2) is 0 Å². The van der Waals surface area contributed by atoms with Crippen LogP contribution in [0, 0.1) is 5.82 Å². The summed E-state index contributed by atoms with van der Waals surface area (Å²) in [7, 11) is 0. The lowest BCUT2D eigenvalue weighted by molar-refractivity contribution is -0.123. The molecule has 2 aromatic carbocycles. The number of rotatable bonds is 9. The van der Waals surface area contributed by atoms with E-state index in [9.17, 15) is 14.0 Å². The highest BCUT2D eigenvalue weighted by Gasteiger charge is 2.19. The molecule has 0 spiro atoms. The third-order valence-electron chi connectivity index (χ3n) is 5.44. The molecule has 6 nitrogen and oxygen atoms in total. The first-order valence-electron chi connectivity index (χ1n) is 11.0. The number of carbonyl (C=O) groups excluding carboxylic acids is 2. The molecule has 0 bridgehead atoms. The minimum Gasteiger partial charge on any atom is -0.372 e. The summed E-state index contributed by atoms with van der Waals surface area (Å²) in [5.41, 5.74) is 3.02. The number of benzene rings is 2. The van der Waals surface area contributed by atoms with Gasteiger partial charge in [0.05, 0.1) is 0 Å². The summed E-state index contributed by atoms with van der Waals surface area (Å²) in [4.78, 5) is 27.2. The molecular formula is C24H31FN4O2. The molecule has 0 aromatic heterocycles. The molecule has 7 heteroatoms. The van der Waals surface area contributed by atoms with Crippen LogP contribution in [-0.2, 0) is 17.9 Å². The van der Waals surface area contributed by atoms with Gasteiger partial charge in [-0.25, -0.2) is 9.18 Å². The summed E-state index contributed by atoms with van der Waals surface area (Å²) in [6.07, 6.45) is 3.78. The fourth-order valence-corrected chi connectivity index (χ4v) is 3.66. The molecule has 1 atom stereocenters. The highest BCUT2D eigenvalue weighted by Crippen LogP contribution is 2.20. The van der Waals surface area contributed by atoms with Crippen molar-refractivity contribution in [1.29, 1.82) is 0 Å². The first kappa shape index (κ1) is 22.6. The normalized spacial score (nSPS) is 14.2. The van der Waals surface area contributed by atoms with E-state index in [1.54, 1.807) is 12.1 Å². The number of hydrogen-bond donors (Lipinski definition) is 3. The van der Waals surface area contributed by atoms with Gasteiger partial charge in [-0.15, -0.1) is 0 Å². The Morgan fingerprint density at radius 1 is 0.935 bits per heavy atom. The predicted octanol–water partition coefficient (Wildman–Crippen LogP) is 3.71. The summed E-state index contributed by atoms with van der Waals surface area (Å²) in [5.74, 6) is -0.527. The van der Waals surface area contributed by atoms with E-state index in [0.29, 0.717) is 13.0 Å². The van der Waals surface area contributed by atoms with Gasteiger partial charge >= 0.3 is 6.03 Å². The van der Waals surface area contributed by atoms with Crippen molar-refractivity contribution >= 4 is 17.6 Å². The van der Waals surface area contributed by atoms with Gasteiger partial charge in [0, 0.05) is 31.9 Å². The molecule has 3 amide bonds. The van der Waals surface area contributed by atoms with Crippen LogP contribution in [0.25, 0.3) is 0 Å². The molecule has 31 heavy (non-hydrogen) atoms. The van der Waals surface area contributed by atoms with E-state index >= 15 is 0 Å². The number of anilines is 1. The second-order valence-corrected chi connectivity index (χ2v) is 7.87. The summed E-state index contributed by atoms with van der Waals surface area (Å²) >= 11 is 0. The molecule has 1 fully saturated rings. The lowest BCUT2D eigenvalue weighted by Crippen LogP contribution is -2.49. The number of halogens is 1. The van der Waals surface area contributed by atoms with Crippen LogP contribution >= 0.6 is 0 Å². The molecule has 0 radical (unpaired) electrons. The average Bonchev–Trinajstić information content (AvgIpc) is 3.32. The number of hydrogen-bond acceptors (Lipinski definition) is 3. The van der Waals surface area contributed by atoms with Crippen molar-refractivity contribution in [3.63, 3.8) is 0 Å². The summed E-state index contributed by atoms with van der Waals surface area (Å²) in [6, 6.07) is 13.1. The molecular weight excluding hydrogens is 395 g/mol. The molecule has 1 heterocycles. The Bertz CT molecular complexity index is 849. The van der Waals surface area contributed by atoms with Gasteiger partial charge in [-0.3, -0.25) is 4.79 Å². The van der Waals surface area contributed by atoms with E-state index in [4.69, 9.17) is 0 Å². The van der Waals surface area contributed by atoms with Gasteiger partial charge in [-0.2, -0.15) is 0 Å². The van der Waals surface area contributed by atoms with Gasteiger partial charge in [0.1, 0.15) is 11.9 Å². The van der Waals surface area contributed by atoms with E-state index in [1.165, 1.54) is 30.7 Å². The van der Waals surface area contributed by atoms with E-state index in [1.807, 2.05) is 19.1 Å². The Kier molecular flexibility index (Phi) is 8.27. The summed E-state index contributed by atoms with van der Waals surface area (Å²) < 4.78 is 13.0. The van der Waals surface area contributed by atoms with Gasteiger partial charge in [0.25, 0.3) is 0 Å². The maximum atomic E-state index is 13.0. The summed E-state index contributed by atoms with van der Waals surface area (Å²) in [5, 5.41) is 8.37. The summed E-state index contributed by atoms with van der Waals surface area (Å²) in [6.45, 7) is 4.84. The maximum absolute atomic E-state index is 13.0. The lowest BCUT2D eigenvalue weighted by Gasteiger charge is -2.19. The Hall–Kier alpha value is -3.09. The molecule has 0 aliphatic carbocycles. The van der Waals surface area contributed by atoms with Crippen LogP contribution in [0.3, 0.4) is 0 Å². The monoisotopic (exact) mass is 426 g/mol. The first-order valence-corrected chi connectivity index (χ1v) is 11.0. The van der Waals surface area contributed by atoms with Crippen LogP contribution in [0.15, 0.2) is 48.5 Å². The number of urea groups is 1. The lowest BCUT2D eigenvalue weighted by atomic mass is 10.1. The zero-order chi connectivity index (χ0) is 22.1. The third-order valence-corrected chi connectivity index (χ3v) is 5.44. The standard InChI is InChI=1S/C24H31FN4O2/c1-2-5-22(28-24(31)27-17-18-6-10-20(25)11-7-18)23(30)26-16-19-8-12-21(13-9-19)29-14-3-4-15-29/h6-13,22H,2-5,14-17H2,1H3,(H,26,30)(H2,27,28,31). The SMILES string of the molecule is CCCC(NC(=O)NCc1ccc(F)cc1)C(=O)NCc1ccc(N2CCCC2)cc1. The topological polar surface area (TPSA) is 73.5 Å². The zero-order valence-electron chi connectivity index (χ0n) is 18.0. The smallest absolute Gasteiger partial charge is 0.315 e. The quantitative estimate of drug-likeness (QED) is 0.572. The van der Waals surface area contributed by atoms with Crippen molar-refractivity contribution in [2.24, 2.45) is 0 Å². The second-order valence-electron chi connectivity index (χ2n) is 7.87. The fraction of sp³-hybridized carbons (Fsp3) is 0.417. The van der Waals surface area contributed by atoms with Crippen LogP contribution in [0.4, 0.5) is 14.9 Å². The van der Waals surface area contributed by atoms with E-state index < -0.39 is 12.1 Å². The van der Waals surface area contributed by atoms with Crippen molar-refractivity contribution in [2.45, 2.75) is 51.7 Å². The van der Waals surface area contributed by atoms with Crippen LogP contribution in [0.2, 0.25) is 0 Å². The molecule has 1 aliphatic heterocycles. The highest BCUT2D eigenvalue weighted by molar-refractivity contribution is 5.87. The third kappa shape index (κ3) is 6.98. The van der Waals surface area contributed by atoms with E-state index in [-0.39, 0.29) is 18.3 Å². The van der Waals surface area contributed by atoms with Crippen molar-refractivity contribution in [3.8, 4) is 0 Å². The van der Waals surface area contributed by atoms with Crippen molar-refractivity contribution in [1.82, 2.24) is 16.0 Å². The molecule has 1 aliphatic rings. The maximum Gasteiger partial charge on any atom is 0.315 e. The molecule has 1 saturated heterocycles. The second kappa shape index (κ2) is 11.3. The first-order chi connectivity index (χ1) is 15.0. The highest BCUT2D eigenvalue weighted by atomic mass is 19.1. The largest absolute Gasteiger partial charge is 0.372 e. The van der Waals surface area contributed by atoms with Gasteiger partial charge in [-0.1, -0.05) is 37.6 Å². The molecule has 2 aromatic rings. The molecule has 0 saturated carbocycles. The Morgan fingerprint density at radius 3 is 2.13 bits per heavy atom. The van der Waals surface area contributed by atoms with E-state index in [2.05, 4.69) is 33.0 Å². The Balaban J connectivity index is 1.46. The molecule has 3 rings (SSSR count). The van der Waals surface area contributed by atoms with Gasteiger partial charge in [-0.05, 0) is 54.7 Å². The zero-order valence-corrected chi connectivity index (χ0v) is 18.0. The van der Waals surface area contributed by atoms with Crippen LogP contribution in [0.1, 0.15) is 43.7 Å². The van der Waals surface area contributed by atoms with Crippen molar-refractivity contribution < 1.29 is 14.0 Å². The van der Waals surface area contributed by atoms with Crippen LogP contribution < -0.4 is 20.9 Å². The number of amides is 3. The van der Waals surface area contributed by atoms with Crippen LogP contribution in [-0.4, -0.2) is 31.1 Å². The average molecular weight is 427 g/mol. The number of nitrogens with one attached hydrogen (secondary N) is 3. The van der Waals surface area contributed by atoms with Crippen molar-refractivity contribution in [3.05, 3.63) is 65.5 Å².